The molecule has 0 saturated carbocycles. The molecule has 206 valence electrons. The van der Waals surface area contributed by atoms with Crippen molar-refractivity contribution in [2.24, 2.45) is 9.98 Å². The lowest BCUT2D eigenvalue weighted by Crippen LogP contribution is -2.56. The van der Waals surface area contributed by atoms with E-state index in [0.717, 1.165) is 0 Å². The van der Waals surface area contributed by atoms with Gasteiger partial charge < -0.3 is 10.6 Å². The van der Waals surface area contributed by atoms with Crippen LogP contribution in [0.3, 0.4) is 0 Å². The summed E-state index contributed by atoms with van der Waals surface area (Å²) in [6.07, 6.45) is 11.2. The predicted molar refractivity (Wildman–Crippen MR) is 153 cm³/mol. The van der Waals surface area contributed by atoms with E-state index in [0.29, 0.717) is 34.5 Å². The molecular weight excluding hydrogens is 602 g/mol. The average molecular weight is 624 g/mol. The standard InChI is InChI=1S/C26H22Cl4N6O4/c1-3-11-35(13-9-31-25(35)33-21-7-5-17(27)15-19(21)29)39-23(37)24(38)40-36(12-4-2)14-10-32-26(36)34-22-8-6-18(28)16-20(22)30/h1-2,5-8,15-16H,9-14H2,(H,31,33)(H,32,34)/q+2. The Balaban J connectivity index is 1.60. The Morgan fingerprint density at radius 2 is 1.18 bits per heavy atom. The third-order valence-corrected chi connectivity index (χ3v) is 7.01. The number of guanidine groups is 2. The molecular formula is C26H22Cl4N6O4+2. The van der Waals surface area contributed by atoms with Crippen molar-refractivity contribution in [2.45, 2.75) is 0 Å². The highest BCUT2D eigenvalue weighted by molar-refractivity contribution is 6.37. The Hall–Kier alpha value is -3.48. The van der Waals surface area contributed by atoms with Gasteiger partial charge in [0.25, 0.3) is 0 Å². The number of hydrogen-bond acceptors (Lipinski definition) is 6. The Morgan fingerprint density at radius 1 is 0.775 bits per heavy atom. The van der Waals surface area contributed by atoms with Gasteiger partial charge in [-0.05, 0) is 48.2 Å². The fourth-order valence-electron chi connectivity index (χ4n) is 4.07. The molecule has 2 aliphatic heterocycles. The molecule has 2 unspecified atom stereocenters. The number of terminal acetylenes is 2. The fraction of sp³-hybridized carbons (Fsp3) is 0.231. The average Bonchev–Trinajstić information content (AvgIpc) is 3.46. The molecule has 2 heterocycles. The van der Waals surface area contributed by atoms with E-state index in [1.54, 1.807) is 24.3 Å². The van der Waals surface area contributed by atoms with Crippen LogP contribution in [0.15, 0.2) is 46.4 Å². The normalized spacial score (nSPS) is 23.6. The summed E-state index contributed by atoms with van der Waals surface area (Å²) in [4.78, 5) is 46.5. The number of hydrogen-bond donors (Lipinski definition) is 2. The molecule has 40 heavy (non-hydrogen) atoms. The number of halogens is 4. The van der Waals surface area contributed by atoms with Crippen LogP contribution in [0.5, 0.6) is 0 Å². The topological polar surface area (TPSA) is 101 Å². The molecule has 2 aromatic rings. The number of benzene rings is 2. The smallest absolute Gasteiger partial charge is 0.315 e. The van der Waals surface area contributed by atoms with Gasteiger partial charge in [-0.15, -0.1) is 12.8 Å². The number of carbonyl (C=O) groups is 2. The van der Waals surface area contributed by atoms with Crippen molar-refractivity contribution < 1.29 is 28.6 Å². The molecule has 2 saturated heterocycles. The number of aliphatic imine (C=N–C) groups is 2. The Labute approximate surface area is 250 Å². The van der Waals surface area contributed by atoms with Gasteiger partial charge in [-0.25, -0.2) is 9.59 Å². The van der Waals surface area contributed by atoms with Gasteiger partial charge >= 0.3 is 23.9 Å². The molecule has 4 rings (SSSR count). The molecule has 2 N–H and O–H groups in total. The summed E-state index contributed by atoms with van der Waals surface area (Å²) in [5.74, 6) is 2.68. The minimum Gasteiger partial charge on any atom is -0.315 e. The molecule has 2 atom stereocenters. The molecule has 2 fully saturated rings. The van der Waals surface area contributed by atoms with E-state index in [1.807, 2.05) is 0 Å². The lowest BCUT2D eigenvalue weighted by atomic mass is 10.3. The second-order valence-corrected chi connectivity index (χ2v) is 10.3. The zero-order valence-corrected chi connectivity index (χ0v) is 23.8. The highest BCUT2D eigenvalue weighted by atomic mass is 35.5. The lowest BCUT2D eigenvalue weighted by molar-refractivity contribution is -1.01. The Morgan fingerprint density at radius 3 is 1.52 bits per heavy atom. The van der Waals surface area contributed by atoms with Crippen LogP contribution in [-0.4, -0.2) is 72.4 Å². The summed E-state index contributed by atoms with van der Waals surface area (Å²) in [6.45, 7) is 0.858. The maximum atomic E-state index is 13.1. The number of quaternary nitrogens is 2. The van der Waals surface area contributed by atoms with Crippen LogP contribution >= 0.6 is 46.4 Å². The van der Waals surface area contributed by atoms with Gasteiger partial charge in [0, 0.05) is 10.0 Å². The van der Waals surface area contributed by atoms with E-state index in [-0.39, 0.29) is 48.1 Å². The van der Waals surface area contributed by atoms with Gasteiger partial charge in [-0.3, -0.25) is 9.68 Å². The number of nitrogens with one attached hydrogen (secondary N) is 2. The molecule has 0 spiro atoms. The first kappa shape index (κ1) is 29.5. The largest absolute Gasteiger partial charge is 0.481 e. The van der Waals surface area contributed by atoms with E-state index in [1.165, 1.54) is 12.1 Å². The van der Waals surface area contributed by atoms with Crippen LogP contribution < -0.4 is 10.6 Å². The second-order valence-electron chi connectivity index (χ2n) is 8.62. The van der Waals surface area contributed by atoms with E-state index in [4.69, 9.17) is 68.9 Å². The van der Waals surface area contributed by atoms with Crippen molar-refractivity contribution in [1.82, 2.24) is 10.6 Å². The van der Waals surface area contributed by atoms with Crippen molar-refractivity contribution in [3.8, 4) is 24.7 Å². The maximum Gasteiger partial charge on any atom is 0.481 e. The molecule has 0 amide bonds. The molecule has 14 heteroatoms. The number of hydroxylamine groups is 6. The molecule has 0 radical (unpaired) electrons. The van der Waals surface area contributed by atoms with Crippen molar-refractivity contribution in [1.29, 1.82) is 0 Å². The quantitative estimate of drug-likeness (QED) is 0.287. The maximum absolute atomic E-state index is 13.1. The Bertz CT molecular complexity index is 1390. The van der Waals surface area contributed by atoms with Crippen LogP contribution in [0.25, 0.3) is 0 Å². The summed E-state index contributed by atoms with van der Waals surface area (Å²) in [5, 5.41) is 7.46. The van der Waals surface area contributed by atoms with Crippen LogP contribution in [-0.2, 0) is 19.3 Å². The lowest BCUT2D eigenvalue weighted by Gasteiger charge is -2.28. The summed E-state index contributed by atoms with van der Waals surface area (Å²) >= 11 is 24.5. The molecule has 2 aromatic carbocycles. The van der Waals surface area contributed by atoms with E-state index in [9.17, 15) is 9.59 Å². The Kier molecular flexibility index (Phi) is 9.12. The monoisotopic (exact) mass is 622 g/mol. The van der Waals surface area contributed by atoms with Gasteiger partial charge in [0.2, 0.25) is 0 Å². The third-order valence-electron chi connectivity index (χ3n) is 5.93. The van der Waals surface area contributed by atoms with Crippen LogP contribution in [0.1, 0.15) is 0 Å². The summed E-state index contributed by atoms with van der Waals surface area (Å²) < 4.78 is -1.17. The molecule has 0 bridgehead atoms. The number of nitrogens with zero attached hydrogens (tertiary/aromatic N) is 4. The van der Waals surface area contributed by atoms with Crippen molar-refractivity contribution in [3.05, 3.63) is 56.5 Å². The van der Waals surface area contributed by atoms with Gasteiger partial charge in [0.15, 0.2) is 13.1 Å². The number of rotatable bonds is 6. The zero-order valence-electron chi connectivity index (χ0n) is 20.8. The molecule has 2 aliphatic rings. The van der Waals surface area contributed by atoms with Crippen LogP contribution in [0, 0.1) is 24.7 Å². The minimum atomic E-state index is -1.31. The molecule has 10 nitrogen and oxygen atoms in total. The van der Waals surface area contributed by atoms with Crippen LogP contribution in [0.4, 0.5) is 11.4 Å². The number of carbonyl (C=O) groups excluding carboxylic acids is 2. The third kappa shape index (κ3) is 6.29. The predicted octanol–water partition coefficient (Wildman–Crippen LogP) is 4.00. The summed E-state index contributed by atoms with van der Waals surface area (Å²) in [6, 6.07) is 9.45. The highest BCUT2D eigenvalue weighted by Crippen LogP contribution is 2.31. The van der Waals surface area contributed by atoms with Gasteiger partial charge in [0.05, 0.1) is 34.5 Å². The highest BCUT2D eigenvalue weighted by Gasteiger charge is 2.50. The first-order chi connectivity index (χ1) is 19.1. The second kappa shape index (κ2) is 12.4. The van der Waals surface area contributed by atoms with Gasteiger partial charge in [-0.2, -0.15) is 9.98 Å². The van der Waals surface area contributed by atoms with E-state index < -0.39 is 21.2 Å². The SMILES string of the molecule is C#CC[N+]1(OC(=O)C(=O)O[N+]2(CC#C)CCNC2=Nc2ccc(Cl)cc2Cl)CCNC1=Nc1ccc(Cl)cc1Cl. The van der Waals surface area contributed by atoms with Crippen molar-refractivity contribution >= 4 is 81.6 Å². The molecule has 0 aromatic heterocycles. The summed E-state index contributed by atoms with van der Waals surface area (Å²) in [5.41, 5.74) is 0.717. The van der Waals surface area contributed by atoms with Crippen LogP contribution in [0.2, 0.25) is 20.1 Å². The van der Waals surface area contributed by atoms with Crippen molar-refractivity contribution in [3.63, 3.8) is 0 Å². The molecule has 0 aliphatic carbocycles. The summed E-state index contributed by atoms with van der Waals surface area (Å²) in [7, 11) is 0. The van der Waals surface area contributed by atoms with Crippen molar-refractivity contribution in [2.75, 3.05) is 39.3 Å². The zero-order chi connectivity index (χ0) is 28.9. The van der Waals surface area contributed by atoms with Gasteiger partial charge in [0.1, 0.15) is 13.1 Å². The van der Waals surface area contributed by atoms with E-state index >= 15 is 0 Å². The first-order valence-electron chi connectivity index (χ1n) is 11.8. The minimum absolute atomic E-state index is 0.121. The first-order valence-corrected chi connectivity index (χ1v) is 13.3. The van der Waals surface area contributed by atoms with Gasteiger partial charge in [-0.1, -0.05) is 55.7 Å². The fourth-order valence-corrected chi connectivity index (χ4v) is 4.97. The van der Waals surface area contributed by atoms with E-state index in [2.05, 4.69) is 32.5 Å².